The molecule has 0 spiro atoms. The summed E-state index contributed by atoms with van der Waals surface area (Å²) < 4.78 is 10.8. The number of anilines is 1. The summed E-state index contributed by atoms with van der Waals surface area (Å²) in [7, 11) is 1.58. The van der Waals surface area contributed by atoms with Crippen LogP contribution in [-0.2, 0) is 4.79 Å². The number of para-hydroxylation sites is 3. The summed E-state index contributed by atoms with van der Waals surface area (Å²) in [5.41, 5.74) is 1.46. The third-order valence-electron chi connectivity index (χ3n) is 3.28. The van der Waals surface area contributed by atoms with E-state index in [0.29, 0.717) is 23.8 Å². The van der Waals surface area contributed by atoms with Crippen LogP contribution >= 0.6 is 12.2 Å². The first kappa shape index (κ1) is 19.2. The SMILES string of the molecule is C=CCOc1ccccc1NC(=S)NC(=O)/C=C/c1ccccc1OC. The lowest BCUT2D eigenvalue weighted by molar-refractivity contribution is -0.115. The molecule has 0 saturated heterocycles. The Morgan fingerprint density at radius 2 is 1.85 bits per heavy atom. The lowest BCUT2D eigenvalue weighted by Crippen LogP contribution is -2.32. The fraction of sp³-hybridized carbons (Fsp3) is 0.100. The molecule has 1 amide bonds. The highest BCUT2D eigenvalue weighted by Crippen LogP contribution is 2.23. The molecular formula is C20H20N2O3S. The van der Waals surface area contributed by atoms with Crippen LogP contribution in [0.1, 0.15) is 5.56 Å². The third kappa shape index (κ3) is 5.75. The Bertz CT molecular complexity index is 818. The highest BCUT2D eigenvalue weighted by atomic mass is 32.1. The standard InChI is InChI=1S/C20H20N2O3S/c1-3-14-25-18-11-7-5-9-16(18)21-20(26)22-19(23)13-12-15-8-4-6-10-17(15)24-2/h3-13H,1,14H2,2H3,(H2,21,22,23,26)/b13-12+. The Hall–Kier alpha value is -3.12. The Morgan fingerprint density at radius 3 is 2.58 bits per heavy atom. The zero-order valence-electron chi connectivity index (χ0n) is 14.4. The minimum atomic E-state index is -0.349. The summed E-state index contributed by atoms with van der Waals surface area (Å²) in [5.74, 6) is 0.956. The van der Waals surface area contributed by atoms with Crippen molar-refractivity contribution in [3.8, 4) is 11.5 Å². The van der Waals surface area contributed by atoms with Gasteiger partial charge < -0.3 is 14.8 Å². The van der Waals surface area contributed by atoms with Crippen molar-refractivity contribution in [1.29, 1.82) is 0 Å². The predicted molar refractivity (Wildman–Crippen MR) is 109 cm³/mol. The number of carbonyl (C=O) groups excluding carboxylic acids is 1. The smallest absolute Gasteiger partial charge is 0.250 e. The topological polar surface area (TPSA) is 59.6 Å². The number of amides is 1. The number of carbonyl (C=O) groups is 1. The molecule has 2 rings (SSSR count). The maximum absolute atomic E-state index is 12.1. The van der Waals surface area contributed by atoms with Crippen molar-refractivity contribution in [3.63, 3.8) is 0 Å². The Morgan fingerprint density at radius 1 is 1.15 bits per heavy atom. The van der Waals surface area contributed by atoms with Gasteiger partial charge >= 0.3 is 0 Å². The Balaban J connectivity index is 1.96. The molecule has 0 radical (unpaired) electrons. The van der Waals surface area contributed by atoms with Gasteiger partial charge in [0.2, 0.25) is 5.91 Å². The molecule has 6 heteroatoms. The molecule has 0 heterocycles. The van der Waals surface area contributed by atoms with Crippen LogP contribution in [0.25, 0.3) is 6.08 Å². The zero-order chi connectivity index (χ0) is 18.8. The molecule has 0 fully saturated rings. The summed E-state index contributed by atoms with van der Waals surface area (Å²) in [5, 5.41) is 5.73. The van der Waals surface area contributed by atoms with Gasteiger partial charge in [0.1, 0.15) is 18.1 Å². The van der Waals surface area contributed by atoms with Crippen molar-refractivity contribution in [2.45, 2.75) is 0 Å². The summed E-state index contributed by atoms with van der Waals surface area (Å²) in [6.07, 6.45) is 4.71. The summed E-state index contributed by atoms with van der Waals surface area (Å²) in [6.45, 7) is 3.99. The van der Waals surface area contributed by atoms with Crippen molar-refractivity contribution in [2.75, 3.05) is 19.0 Å². The Kier molecular flexibility index (Phi) is 7.39. The number of thiocarbonyl (C=S) groups is 1. The van der Waals surface area contributed by atoms with Gasteiger partial charge in [-0.2, -0.15) is 0 Å². The normalized spacial score (nSPS) is 10.2. The first-order chi connectivity index (χ1) is 12.6. The fourth-order valence-electron chi connectivity index (χ4n) is 2.12. The van der Waals surface area contributed by atoms with Gasteiger partial charge in [-0.25, -0.2) is 0 Å². The van der Waals surface area contributed by atoms with E-state index in [-0.39, 0.29) is 11.0 Å². The summed E-state index contributed by atoms with van der Waals surface area (Å²) in [6, 6.07) is 14.7. The minimum absolute atomic E-state index is 0.175. The highest BCUT2D eigenvalue weighted by Gasteiger charge is 2.06. The number of hydrogen-bond acceptors (Lipinski definition) is 4. The Labute approximate surface area is 158 Å². The van der Waals surface area contributed by atoms with Crippen molar-refractivity contribution >= 4 is 35.0 Å². The van der Waals surface area contributed by atoms with Crippen LogP contribution in [0.2, 0.25) is 0 Å². The maximum atomic E-state index is 12.1. The zero-order valence-corrected chi connectivity index (χ0v) is 15.2. The van der Waals surface area contributed by atoms with Crippen molar-refractivity contribution in [3.05, 3.63) is 72.8 Å². The third-order valence-corrected chi connectivity index (χ3v) is 3.49. The van der Waals surface area contributed by atoms with E-state index in [4.69, 9.17) is 21.7 Å². The second kappa shape index (κ2) is 10.0. The average Bonchev–Trinajstić information content (AvgIpc) is 2.65. The first-order valence-corrected chi connectivity index (χ1v) is 8.30. The molecule has 2 aromatic carbocycles. The van der Waals surface area contributed by atoms with Crippen molar-refractivity contribution in [1.82, 2.24) is 5.32 Å². The van der Waals surface area contributed by atoms with Crippen molar-refractivity contribution < 1.29 is 14.3 Å². The summed E-state index contributed by atoms with van der Waals surface area (Å²) in [4.78, 5) is 12.1. The van der Waals surface area contributed by atoms with Gasteiger partial charge in [-0.05, 0) is 36.5 Å². The average molecular weight is 368 g/mol. The first-order valence-electron chi connectivity index (χ1n) is 7.90. The van der Waals surface area contributed by atoms with E-state index in [1.165, 1.54) is 6.08 Å². The van der Waals surface area contributed by atoms with E-state index in [9.17, 15) is 4.79 Å². The molecule has 2 aromatic rings. The van der Waals surface area contributed by atoms with Gasteiger partial charge in [-0.1, -0.05) is 43.0 Å². The number of benzene rings is 2. The van der Waals surface area contributed by atoms with Crippen LogP contribution in [0.15, 0.2) is 67.3 Å². The molecular weight excluding hydrogens is 348 g/mol. The molecule has 2 N–H and O–H groups in total. The minimum Gasteiger partial charge on any atom is -0.496 e. The number of nitrogens with one attached hydrogen (secondary N) is 2. The van der Waals surface area contributed by atoms with Gasteiger partial charge in [-0.3, -0.25) is 10.1 Å². The van der Waals surface area contributed by atoms with E-state index in [1.807, 2.05) is 42.5 Å². The van der Waals surface area contributed by atoms with E-state index in [0.717, 1.165) is 5.56 Å². The quantitative estimate of drug-likeness (QED) is 0.442. The van der Waals surface area contributed by atoms with Crippen LogP contribution in [0.3, 0.4) is 0 Å². The molecule has 134 valence electrons. The van der Waals surface area contributed by atoms with E-state index in [2.05, 4.69) is 17.2 Å². The van der Waals surface area contributed by atoms with Gasteiger partial charge in [0, 0.05) is 11.6 Å². The van der Waals surface area contributed by atoms with E-state index >= 15 is 0 Å². The van der Waals surface area contributed by atoms with Crippen LogP contribution in [-0.4, -0.2) is 24.7 Å². The largest absolute Gasteiger partial charge is 0.496 e. The molecule has 0 saturated carbocycles. The molecule has 0 bridgehead atoms. The second-order valence-electron chi connectivity index (χ2n) is 5.11. The molecule has 0 atom stereocenters. The number of rotatable bonds is 7. The number of methoxy groups -OCH3 is 1. The van der Waals surface area contributed by atoms with Crippen LogP contribution in [0, 0.1) is 0 Å². The van der Waals surface area contributed by atoms with E-state index in [1.54, 1.807) is 25.3 Å². The van der Waals surface area contributed by atoms with Crippen LogP contribution in [0.4, 0.5) is 5.69 Å². The second-order valence-corrected chi connectivity index (χ2v) is 5.52. The monoisotopic (exact) mass is 368 g/mol. The van der Waals surface area contributed by atoms with Crippen molar-refractivity contribution in [2.24, 2.45) is 0 Å². The number of hydrogen-bond donors (Lipinski definition) is 2. The van der Waals surface area contributed by atoms with Crippen LogP contribution in [0.5, 0.6) is 11.5 Å². The molecule has 0 aliphatic heterocycles. The predicted octanol–water partition coefficient (Wildman–Crippen LogP) is 3.79. The molecule has 0 aliphatic rings. The lowest BCUT2D eigenvalue weighted by Gasteiger charge is -2.13. The maximum Gasteiger partial charge on any atom is 0.250 e. The molecule has 5 nitrogen and oxygen atoms in total. The van der Waals surface area contributed by atoms with Gasteiger partial charge in [0.25, 0.3) is 0 Å². The van der Waals surface area contributed by atoms with E-state index < -0.39 is 0 Å². The molecule has 26 heavy (non-hydrogen) atoms. The van der Waals surface area contributed by atoms with Gasteiger partial charge in [-0.15, -0.1) is 0 Å². The van der Waals surface area contributed by atoms with Crippen LogP contribution < -0.4 is 20.1 Å². The molecule has 0 unspecified atom stereocenters. The highest BCUT2D eigenvalue weighted by molar-refractivity contribution is 7.80. The van der Waals surface area contributed by atoms with Gasteiger partial charge in [0.15, 0.2) is 5.11 Å². The summed E-state index contributed by atoms with van der Waals surface area (Å²) >= 11 is 5.19. The molecule has 0 aromatic heterocycles. The number of ether oxygens (including phenoxy) is 2. The molecule has 0 aliphatic carbocycles. The fourth-order valence-corrected chi connectivity index (χ4v) is 2.33. The lowest BCUT2D eigenvalue weighted by atomic mass is 10.2. The van der Waals surface area contributed by atoms with Gasteiger partial charge in [0.05, 0.1) is 12.8 Å².